The summed E-state index contributed by atoms with van der Waals surface area (Å²) in [7, 11) is 0. The van der Waals surface area contributed by atoms with Crippen LogP contribution in [0.2, 0.25) is 5.02 Å². The Morgan fingerprint density at radius 2 is 2.06 bits per heavy atom. The molecular weight excluding hydrogens is 261 g/mol. The lowest BCUT2D eigenvalue weighted by molar-refractivity contribution is -0.140. The number of halogens is 2. The second-order valence-electron chi connectivity index (χ2n) is 4.15. The first-order chi connectivity index (χ1) is 7.66. The molecule has 1 heterocycles. The van der Waals surface area contributed by atoms with Crippen molar-refractivity contribution in [2.45, 2.75) is 18.9 Å². The fraction of sp³-hybridized carbons (Fsp3) is 0.417. The van der Waals surface area contributed by atoms with E-state index in [1.807, 2.05) is 24.3 Å². The van der Waals surface area contributed by atoms with E-state index in [2.05, 4.69) is 5.32 Å². The van der Waals surface area contributed by atoms with Crippen molar-refractivity contribution in [3.05, 3.63) is 34.9 Å². The second-order valence-corrected chi connectivity index (χ2v) is 4.59. The van der Waals surface area contributed by atoms with Crippen molar-refractivity contribution in [1.82, 2.24) is 5.32 Å². The van der Waals surface area contributed by atoms with Gasteiger partial charge in [0.1, 0.15) is 6.04 Å². The molecule has 1 aromatic rings. The summed E-state index contributed by atoms with van der Waals surface area (Å²) < 4.78 is 0. The first-order valence-corrected chi connectivity index (χ1v) is 5.75. The minimum Gasteiger partial charge on any atom is -0.480 e. The van der Waals surface area contributed by atoms with Crippen molar-refractivity contribution < 1.29 is 9.90 Å². The van der Waals surface area contributed by atoms with Gasteiger partial charge < -0.3 is 10.4 Å². The third-order valence-corrected chi connectivity index (χ3v) is 3.28. The Morgan fingerprint density at radius 3 is 2.65 bits per heavy atom. The summed E-state index contributed by atoms with van der Waals surface area (Å²) in [5.74, 6) is -0.574. The van der Waals surface area contributed by atoms with Crippen molar-refractivity contribution in [3.63, 3.8) is 0 Å². The van der Waals surface area contributed by atoms with Gasteiger partial charge in [0, 0.05) is 5.02 Å². The molecule has 2 atom stereocenters. The summed E-state index contributed by atoms with van der Waals surface area (Å²) in [4.78, 5) is 11.0. The molecule has 0 aliphatic carbocycles. The summed E-state index contributed by atoms with van der Waals surface area (Å²) >= 11 is 5.80. The molecule has 0 bridgehead atoms. The van der Waals surface area contributed by atoms with Crippen LogP contribution in [-0.4, -0.2) is 23.7 Å². The maximum atomic E-state index is 11.0. The molecule has 1 unspecified atom stereocenters. The lowest BCUT2D eigenvalue weighted by Gasteiger charge is -2.15. The SMILES string of the molecule is Cl.O=C(O)[C@H]1NCCC1Cc1ccc(Cl)cc1. The Morgan fingerprint density at radius 1 is 1.41 bits per heavy atom. The fourth-order valence-corrected chi connectivity index (χ4v) is 2.32. The van der Waals surface area contributed by atoms with E-state index in [9.17, 15) is 4.79 Å². The number of rotatable bonds is 3. The van der Waals surface area contributed by atoms with E-state index in [1.54, 1.807) is 0 Å². The predicted octanol–water partition coefficient (Wildman–Crippen LogP) is 2.37. The highest BCUT2D eigenvalue weighted by atomic mass is 35.5. The largest absolute Gasteiger partial charge is 0.480 e. The zero-order valence-electron chi connectivity index (χ0n) is 9.23. The van der Waals surface area contributed by atoms with Crippen LogP contribution in [0.15, 0.2) is 24.3 Å². The monoisotopic (exact) mass is 275 g/mol. The Labute approximate surface area is 112 Å². The first-order valence-electron chi connectivity index (χ1n) is 5.37. The molecule has 1 fully saturated rings. The zero-order chi connectivity index (χ0) is 11.5. The van der Waals surface area contributed by atoms with Crippen LogP contribution in [0.3, 0.4) is 0 Å². The molecule has 1 aliphatic heterocycles. The lowest BCUT2D eigenvalue weighted by atomic mass is 9.93. The number of nitrogens with one attached hydrogen (secondary N) is 1. The molecule has 0 saturated carbocycles. The van der Waals surface area contributed by atoms with Crippen molar-refractivity contribution in [2.75, 3.05) is 6.54 Å². The third kappa shape index (κ3) is 3.60. The third-order valence-electron chi connectivity index (χ3n) is 3.03. The molecule has 0 amide bonds. The van der Waals surface area contributed by atoms with Crippen molar-refractivity contribution in [2.24, 2.45) is 5.92 Å². The van der Waals surface area contributed by atoms with E-state index in [1.165, 1.54) is 0 Å². The molecule has 0 aromatic heterocycles. The van der Waals surface area contributed by atoms with Crippen molar-refractivity contribution in [1.29, 1.82) is 0 Å². The topological polar surface area (TPSA) is 49.3 Å². The van der Waals surface area contributed by atoms with Gasteiger partial charge in [-0.1, -0.05) is 23.7 Å². The van der Waals surface area contributed by atoms with Gasteiger partial charge in [-0.05, 0) is 43.0 Å². The van der Waals surface area contributed by atoms with Gasteiger partial charge in [-0.3, -0.25) is 4.79 Å². The molecule has 0 radical (unpaired) electrons. The maximum Gasteiger partial charge on any atom is 0.320 e. The molecule has 94 valence electrons. The average molecular weight is 276 g/mol. The van der Waals surface area contributed by atoms with E-state index < -0.39 is 12.0 Å². The van der Waals surface area contributed by atoms with Gasteiger partial charge in [-0.15, -0.1) is 12.4 Å². The van der Waals surface area contributed by atoms with Crippen LogP contribution >= 0.6 is 24.0 Å². The second kappa shape index (κ2) is 6.24. The van der Waals surface area contributed by atoms with Crippen LogP contribution in [0, 0.1) is 5.92 Å². The molecule has 2 N–H and O–H groups in total. The minimum atomic E-state index is -0.753. The lowest BCUT2D eigenvalue weighted by Crippen LogP contribution is -2.36. The number of aliphatic carboxylic acids is 1. The Hall–Kier alpha value is -0.770. The molecule has 1 saturated heterocycles. The van der Waals surface area contributed by atoms with Gasteiger partial charge >= 0.3 is 5.97 Å². The quantitative estimate of drug-likeness (QED) is 0.891. The molecule has 17 heavy (non-hydrogen) atoms. The van der Waals surface area contributed by atoms with Gasteiger partial charge in [0.05, 0.1) is 0 Å². The highest BCUT2D eigenvalue weighted by molar-refractivity contribution is 6.30. The van der Waals surface area contributed by atoms with Crippen molar-refractivity contribution >= 4 is 30.0 Å². The van der Waals surface area contributed by atoms with Crippen LogP contribution in [0.5, 0.6) is 0 Å². The number of carbonyl (C=O) groups is 1. The Bertz CT molecular complexity index is 381. The number of carboxylic acids is 1. The standard InChI is InChI=1S/C12H14ClNO2.ClH/c13-10-3-1-8(2-4-10)7-9-5-6-14-11(9)12(15)16;/h1-4,9,11,14H,5-7H2,(H,15,16);1H/t9?,11-;/m0./s1. The average Bonchev–Trinajstić information content (AvgIpc) is 2.69. The van der Waals surface area contributed by atoms with Gasteiger partial charge in [0.15, 0.2) is 0 Å². The summed E-state index contributed by atoms with van der Waals surface area (Å²) in [6, 6.07) is 7.19. The van der Waals surface area contributed by atoms with Gasteiger partial charge in [-0.2, -0.15) is 0 Å². The smallest absolute Gasteiger partial charge is 0.320 e. The van der Waals surface area contributed by atoms with Gasteiger partial charge in [0.25, 0.3) is 0 Å². The van der Waals surface area contributed by atoms with E-state index in [0.29, 0.717) is 5.02 Å². The van der Waals surface area contributed by atoms with Crippen LogP contribution in [-0.2, 0) is 11.2 Å². The number of benzene rings is 1. The molecule has 1 aromatic carbocycles. The molecular formula is C12H15Cl2NO2. The van der Waals surface area contributed by atoms with Crippen molar-refractivity contribution in [3.8, 4) is 0 Å². The normalized spacial score (nSPS) is 23.1. The Balaban J connectivity index is 0.00000144. The first kappa shape index (κ1) is 14.3. The van der Waals surface area contributed by atoms with E-state index in [0.717, 1.165) is 24.9 Å². The van der Waals surface area contributed by atoms with Crippen LogP contribution in [0.4, 0.5) is 0 Å². The zero-order valence-corrected chi connectivity index (χ0v) is 10.8. The number of hydrogen-bond donors (Lipinski definition) is 2. The van der Waals surface area contributed by atoms with Gasteiger partial charge in [0.2, 0.25) is 0 Å². The van der Waals surface area contributed by atoms with E-state index in [4.69, 9.17) is 16.7 Å². The summed E-state index contributed by atoms with van der Waals surface area (Å²) in [6.45, 7) is 0.787. The van der Waals surface area contributed by atoms with Crippen LogP contribution in [0.25, 0.3) is 0 Å². The fourth-order valence-electron chi connectivity index (χ4n) is 2.19. The minimum absolute atomic E-state index is 0. The molecule has 1 aliphatic rings. The molecule has 2 rings (SSSR count). The Kier molecular flexibility index (Phi) is 5.25. The highest BCUT2D eigenvalue weighted by Gasteiger charge is 2.32. The number of hydrogen-bond acceptors (Lipinski definition) is 2. The van der Waals surface area contributed by atoms with E-state index in [-0.39, 0.29) is 18.3 Å². The molecule has 0 spiro atoms. The summed E-state index contributed by atoms with van der Waals surface area (Å²) in [5, 5.41) is 12.7. The maximum absolute atomic E-state index is 11.0. The highest BCUT2D eigenvalue weighted by Crippen LogP contribution is 2.22. The van der Waals surface area contributed by atoms with E-state index >= 15 is 0 Å². The molecule has 5 heteroatoms. The van der Waals surface area contributed by atoms with Crippen LogP contribution < -0.4 is 5.32 Å². The number of carboxylic acid groups (broad SMARTS) is 1. The summed E-state index contributed by atoms with van der Waals surface area (Å²) in [5.41, 5.74) is 1.14. The summed E-state index contributed by atoms with van der Waals surface area (Å²) in [6.07, 6.45) is 1.71. The van der Waals surface area contributed by atoms with Crippen LogP contribution in [0.1, 0.15) is 12.0 Å². The molecule has 3 nitrogen and oxygen atoms in total. The predicted molar refractivity (Wildman–Crippen MR) is 69.9 cm³/mol. The van der Waals surface area contributed by atoms with Gasteiger partial charge in [-0.25, -0.2) is 0 Å².